The molecular formula is C13H17Cl3N2O2. The molecule has 20 heavy (non-hydrogen) atoms. The third-order valence-corrected chi connectivity index (χ3v) is 3.80. The number of nitrogens with one attached hydrogen (secondary N) is 1. The molecule has 1 heterocycles. The number of amides is 1. The van der Waals surface area contributed by atoms with Gasteiger partial charge < -0.3 is 15.0 Å². The number of hydrogen-bond acceptors (Lipinski definition) is 3. The predicted octanol–water partition coefficient (Wildman–Crippen LogP) is 2.53. The van der Waals surface area contributed by atoms with Gasteiger partial charge in [0.15, 0.2) is 0 Å². The molecule has 0 saturated carbocycles. The highest BCUT2D eigenvalue weighted by molar-refractivity contribution is 6.42. The first kappa shape index (κ1) is 17.5. The molecule has 4 nitrogen and oxygen atoms in total. The summed E-state index contributed by atoms with van der Waals surface area (Å²) in [6.45, 7) is 2.03. The molecule has 0 radical (unpaired) electrons. The van der Waals surface area contributed by atoms with Gasteiger partial charge in [0.25, 0.3) is 0 Å². The molecule has 7 heteroatoms. The summed E-state index contributed by atoms with van der Waals surface area (Å²) in [5, 5.41) is 3.88. The maximum atomic E-state index is 11.9. The molecule has 0 bridgehead atoms. The zero-order chi connectivity index (χ0) is 13.8. The molecular weight excluding hydrogens is 323 g/mol. The van der Waals surface area contributed by atoms with Gasteiger partial charge in [0.05, 0.1) is 29.7 Å². The van der Waals surface area contributed by atoms with Gasteiger partial charge in [-0.2, -0.15) is 0 Å². The third-order valence-electron chi connectivity index (χ3n) is 3.06. The van der Waals surface area contributed by atoms with Crippen molar-refractivity contribution in [2.75, 3.05) is 33.3 Å². The third kappa shape index (κ3) is 4.24. The zero-order valence-corrected chi connectivity index (χ0v) is 13.4. The Hall–Kier alpha value is -0.520. The number of rotatable bonds is 3. The minimum Gasteiger partial charge on any atom is -0.370 e. The van der Waals surface area contributed by atoms with Crippen LogP contribution in [-0.2, 0) is 9.53 Å². The lowest BCUT2D eigenvalue weighted by Crippen LogP contribution is -2.45. The first-order valence-corrected chi connectivity index (χ1v) is 6.86. The molecule has 1 N–H and O–H groups in total. The van der Waals surface area contributed by atoms with Gasteiger partial charge in [-0.1, -0.05) is 29.3 Å². The second kappa shape index (κ2) is 8.05. The maximum absolute atomic E-state index is 11.9. The number of likely N-dealkylation sites (N-methyl/N-ethyl adjacent to an activating group) is 1. The summed E-state index contributed by atoms with van der Waals surface area (Å²) in [4.78, 5) is 13.7. The Morgan fingerprint density at radius 1 is 1.45 bits per heavy atom. The Morgan fingerprint density at radius 3 is 2.85 bits per heavy atom. The van der Waals surface area contributed by atoms with Crippen LogP contribution in [0.15, 0.2) is 18.2 Å². The normalized spacial score (nSPS) is 18.6. The van der Waals surface area contributed by atoms with Crippen LogP contribution in [-0.4, -0.2) is 44.1 Å². The Balaban J connectivity index is 0.00000200. The van der Waals surface area contributed by atoms with Crippen LogP contribution in [0.4, 0.5) is 0 Å². The lowest BCUT2D eigenvalue weighted by molar-refractivity contribution is -0.137. The van der Waals surface area contributed by atoms with E-state index in [1.165, 1.54) is 0 Å². The predicted molar refractivity (Wildman–Crippen MR) is 82.9 cm³/mol. The van der Waals surface area contributed by atoms with E-state index < -0.39 is 0 Å². The highest BCUT2D eigenvalue weighted by Gasteiger charge is 2.25. The monoisotopic (exact) mass is 338 g/mol. The quantitative estimate of drug-likeness (QED) is 0.920. The van der Waals surface area contributed by atoms with E-state index in [0.29, 0.717) is 36.3 Å². The van der Waals surface area contributed by atoms with Crippen molar-refractivity contribution in [1.82, 2.24) is 10.2 Å². The number of hydrogen-bond donors (Lipinski definition) is 1. The van der Waals surface area contributed by atoms with Crippen LogP contribution in [0.25, 0.3) is 0 Å². The van der Waals surface area contributed by atoms with Gasteiger partial charge in [0.2, 0.25) is 5.91 Å². The zero-order valence-electron chi connectivity index (χ0n) is 11.1. The van der Waals surface area contributed by atoms with Crippen LogP contribution in [0, 0.1) is 0 Å². The number of halogens is 3. The molecule has 112 valence electrons. The topological polar surface area (TPSA) is 41.6 Å². The van der Waals surface area contributed by atoms with Gasteiger partial charge in [-0.3, -0.25) is 4.79 Å². The lowest BCUT2D eigenvalue weighted by Gasteiger charge is -2.33. The van der Waals surface area contributed by atoms with Crippen LogP contribution < -0.4 is 5.32 Å². The fourth-order valence-electron chi connectivity index (χ4n) is 2.05. The summed E-state index contributed by atoms with van der Waals surface area (Å²) in [5.41, 5.74) is 0.941. The molecule has 2 rings (SSSR count). The smallest absolute Gasteiger partial charge is 0.236 e. The Bertz CT molecular complexity index is 471. The van der Waals surface area contributed by atoms with Gasteiger partial charge in [-0.15, -0.1) is 12.4 Å². The second-order valence-electron chi connectivity index (χ2n) is 4.40. The average molecular weight is 340 g/mol. The summed E-state index contributed by atoms with van der Waals surface area (Å²) in [6.07, 6.45) is -0.149. The van der Waals surface area contributed by atoms with E-state index in [2.05, 4.69) is 5.32 Å². The highest BCUT2D eigenvalue weighted by atomic mass is 35.5. The van der Waals surface area contributed by atoms with Crippen molar-refractivity contribution < 1.29 is 9.53 Å². The van der Waals surface area contributed by atoms with E-state index in [9.17, 15) is 4.79 Å². The van der Waals surface area contributed by atoms with Crippen molar-refractivity contribution >= 4 is 41.5 Å². The Morgan fingerprint density at radius 2 is 2.20 bits per heavy atom. The van der Waals surface area contributed by atoms with Crippen molar-refractivity contribution in [3.63, 3.8) is 0 Å². The largest absolute Gasteiger partial charge is 0.370 e. The summed E-state index contributed by atoms with van der Waals surface area (Å²) in [5.74, 6) is 0.0795. The van der Waals surface area contributed by atoms with Gasteiger partial charge >= 0.3 is 0 Å². The molecule has 0 aromatic heterocycles. The molecule has 1 aliphatic heterocycles. The molecule has 1 aliphatic rings. The number of benzene rings is 1. The minimum absolute atomic E-state index is 0. The van der Waals surface area contributed by atoms with Crippen LogP contribution in [0.5, 0.6) is 0 Å². The van der Waals surface area contributed by atoms with Gasteiger partial charge in [-0.05, 0) is 24.7 Å². The SMILES string of the molecule is CNCC(=O)N1CCOC(c2ccc(Cl)c(Cl)c2)C1.Cl. The molecule has 1 aromatic rings. The highest BCUT2D eigenvalue weighted by Crippen LogP contribution is 2.28. The number of carbonyl (C=O) groups excluding carboxylic acids is 1. The molecule has 1 unspecified atom stereocenters. The Labute approximate surface area is 134 Å². The molecule has 1 atom stereocenters. The van der Waals surface area contributed by atoms with E-state index in [4.69, 9.17) is 27.9 Å². The fourth-order valence-corrected chi connectivity index (χ4v) is 2.36. The molecule has 0 spiro atoms. The van der Waals surface area contributed by atoms with Crippen LogP contribution in [0.1, 0.15) is 11.7 Å². The van der Waals surface area contributed by atoms with Gasteiger partial charge in [-0.25, -0.2) is 0 Å². The van der Waals surface area contributed by atoms with Crippen molar-refractivity contribution in [1.29, 1.82) is 0 Å². The van der Waals surface area contributed by atoms with Crippen molar-refractivity contribution in [2.24, 2.45) is 0 Å². The molecule has 1 aromatic carbocycles. The fraction of sp³-hybridized carbons (Fsp3) is 0.462. The summed E-state index contributed by atoms with van der Waals surface area (Å²) < 4.78 is 5.70. The van der Waals surface area contributed by atoms with E-state index in [1.807, 2.05) is 6.07 Å². The number of morpholine rings is 1. The lowest BCUT2D eigenvalue weighted by atomic mass is 10.1. The van der Waals surface area contributed by atoms with Crippen LogP contribution in [0.2, 0.25) is 10.0 Å². The van der Waals surface area contributed by atoms with E-state index in [-0.39, 0.29) is 24.4 Å². The van der Waals surface area contributed by atoms with Gasteiger partial charge in [0, 0.05) is 6.54 Å². The van der Waals surface area contributed by atoms with Gasteiger partial charge in [0.1, 0.15) is 6.10 Å². The van der Waals surface area contributed by atoms with Crippen molar-refractivity contribution in [3.8, 4) is 0 Å². The number of nitrogens with zero attached hydrogens (tertiary/aromatic N) is 1. The maximum Gasteiger partial charge on any atom is 0.236 e. The average Bonchev–Trinajstić information content (AvgIpc) is 2.42. The van der Waals surface area contributed by atoms with Crippen molar-refractivity contribution in [2.45, 2.75) is 6.10 Å². The number of carbonyl (C=O) groups is 1. The van der Waals surface area contributed by atoms with E-state index >= 15 is 0 Å². The standard InChI is InChI=1S/C13H16Cl2N2O2.ClH/c1-16-7-13(18)17-4-5-19-12(8-17)9-2-3-10(14)11(15)6-9;/h2-3,6,12,16H,4-5,7-8H2,1H3;1H. The Kier molecular flexibility index (Phi) is 7.06. The first-order chi connectivity index (χ1) is 9.11. The van der Waals surface area contributed by atoms with Crippen molar-refractivity contribution in [3.05, 3.63) is 33.8 Å². The summed E-state index contributed by atoms with van der Waals surface area (Å²) in [6, 6.07) is 5.42. The molecule has 0 aliphatic carbocycles. The summed E-state index contributed by atoms with van der Waals surface area (Å²) >= 11 is 11.9. The summed E-state index contributed by atoms with van der Waals surface area (Å²) in [7, 11) is 1.76. The van der Waals surface area contributed by atoms with Crippen LogP contribution >= 0.6 is 35.6 Å². The first-order valence-electron chi connectivity index (χ1n) is 6.10. The number of ether oxygens (including phenoxy) is 1. The molecule has 1 amide bonds. The van der Waals surface area contributed by atoms with E-state index in [1.54, 1.807) is 24.1 Å². The van der Waals surface area contributed by atoms with Crippen LogP contribution in [0.3, 0.4) is 0 Å². The second-order valence-corrected chi connectivity index (χ2v) is 5.22. The molecule has 1 saturated heterocycles. The molecule has 1 fully saturated rings. The van der Waals surface area contributed by atoms with E-state index in [0.717, 1.165) is 5.56 Å². The minimum atomic E-state index is -0.149.